The lowest BCUT2D eigenvalue weighted by atomic mass is 10.0. The van der Waals surface area contributed by atoms with E-state index in [9.17, 15) is 23.2 Å². The van der Waals surface area contributed by atoms with Crippen molar-refractivity contribution in [3.05, 3.63) is 86.1 Å². The molecule has 2 heterocycles. The van der Waals surface area contributed by atoms with Gasteiger partial charge in [-0.05, 0) is 30.0 Å². The van der Waals surface area contributed by atoms with Crippen molar-refractivity contribution in [3.63, 3.8) is 0 Å². The van der Waals surface area contributed by atoms with Crippen LogP contribution in [0.4, 0.5) is 26.0 Å². The number of nitrogens with one attached hydrogen (secondary N) is 1. The fraction of sp³-hybridized carbons (Fsp3) is 0.320. The molecule has 0 radical (unpaired) electrons. The molecule has 0 bridgehead atoms. The number of rotatable bonds is 8. The van der Waals surface area contributed by atoms with E-state index in [1.54, 1.807) is 24.3 Å². The van der Waals surface area contributed by atoms with Gasteiger partial charge < -0.3 is 20.3 Å². The average molecular weight is 500 g/mol. The molecular formula is C25H27F2N5O4. The third-order valence-corrected chi connectivity index (χ3v) is 6.11. The molecule has 0 aliphatic carbocycles. The lowest BCUT2D eigenvalue weighted by Gasteiger charge is -2.33. The third kappa shape index (κ3) is 5.15. The predicted octanol–water partition coefficient (Wildman–Crippen LogP) is 1.88. The van der Waals surface area contributed by atoms with Crippen LogP contribution in [-0.4, -0.2) is 48.8 Å². The summed E-state index contributed by atoms with van der Waals surface area (Å²) in [6, 6.07) is 11.1. The quantitative estimate of drug-likeness (QED) is 0.489. The van der Waals surface area contributed by atoms with Gasteiger partial charge in [-0.2, -0.15) is 0 Å². The van der Waals surface area contributed by atoms with Gasteiger partial charge in [-0.1, -0.05) is 30.3 Å². The van der Waals surface area contributed by atoms with Gasteiger partial charge in [0.25, 0.3) is 5.56 Å². The van der Waals surface area contributed by atoms with Crippen LogP contribution < -0.4 is 26.8 Å². The van der Waals surface area contributed by atoms with Crippen molar-refractivity contribution in [1.29, 1.82) is 0 Å². The summed E-state index contributed by atoms with van der Waals surface area (Å²) < 4.78 is 34.7. The lowest BCUT2D eigenvalue weighted by molar-refractivity contribution is -0.117. The maximum Gasteiger partial charge on any atom is 0.330 e. The molecule has 1 amide bonds. The van der Waals surface area contributed by atoms with Crippen molar-refractivity contribution in [2.75, 3.05) is 48.9 Å². The highest BCUT2D eigenvalue weighted by atomic mass is 19.1. The smallest absolute Gasteiger partial charge is 0.330 e. The van der Waals surface area contributed by atoms with Crippen molar-refractivity contribution >= 4 is 23.1 Å². The number of aromatic amines is 1. The molecule has 0 fully saturated rings. The minimum absolute atomic E-state index is 0.0290. The van der Waals surface area contributed by atoms with Crippen LogP contribution in [-0.2, 0) is 22.5 Å². The Kier molecular flexibility index (Phi) is 7.49. The summed E-state index contributed by atoms with van der Waals surface area (Å²) in [6.07, 6.45) is 1.09. The molecule has 36 heavy (non-hydrogen) atoms. The number of H-pyrrole nitrogens is 1. The lowest BCUT2D eigenvalue weighted by Crippen LogP contribution is -2.47. The Hall–Kier alpha value is -3.99. The monoisotopic (exact) mass is 499 g/mol. The number of carbonyl (C=O) groups excluding carboxylic acids is 1. The third-order valence-electron chi connectivity index (χ3n) is 6.11. The summed E-state index contributed by atoms with van der Waals surface area (Å²) in [5, 5.41) is 0. The van der Waals surface area contributed by atoms with Crippen LogP contribution in [0.15, 0.2) is 52.1 Å². The summed E-state index contributed by atoms with van der Waals surface area (Å²) in [4.78, 5) is 43.8. The van der Waals surface area contributed by atoms with E-state index < -0.39 is 28.8 Å². The number of aromatic nitrogens is 2. The van der Waals surface area contributed by atoms with Crippen molar-refractivity contribution in [2.24, 2.45) is 0 Å². The van der Waals surface area contributed by atoms with E-state index in [-0.39, 0.29) is 43.4 Å². The molecule has 4 rings (SSSR count). The van der Waals surface area contributed by atoms with E-state index in [2.05, 4.69) is 4.98 Å². The number of aryl methyl sites for hydroxylation is 1. The molecular weight excluding hydrogens is 472 g/mol. The largest absolute Gasteiger partial charge is 0.383 e. The number of hydrogen-bond acceptors (Lipinski definition) is 6. The number of methoxy groups -OCH3 is 1. The van der Waals surface area contributed by atoms with Crippen LogP contribution in [0.3, 0.4) is 0 Å². The molecule has 9 nitrogen and oxygen atoms in total. The van der Waals surface area contributed by atoms with Gasteiger partial charge in [-0.25, -0.2) is 13.6 Å². The van der Waals surface area contributed by atoms with Crippen molar-refractivity contribution in [1.82, 2.24) is 9.55 Å². The molecule has 0 saturated heterocycles. The van der Waals surface area contributed by atoms with Crippen LogP contribution in [0.2, 0.25) is 0 Å². The Morgan fingerprint density at radius 3 is 2.67 bits per heavy atom. The molecule has 3 aromatic rings. The first kappa shape index (κ1) is 25.1. The zero-order valence-corrected chi connectivity index (χ0v) is 19.8. The number of amides is 1. The number of ether oxygens (including phenoxy) is 1. The SMILES string of the molecule is COCCN(C(=O)CN1CCCc2cc(F)cc(F)c21)c1c(N)n(Cc2ccccc2)c(=O)[nH]c1=O. The van der Waals surface area contributed by atoms with Gasteiger partial charge in [0, 0.05) is 26.3 Å². The van der Waals surface area contributed by atoms with Gasteiger partial charge in [0.2, 0.25) is 5.91 Å². The molecule has 3 N–H and O–H groups in total. The molecule has 11 heteroatoms. The number of fused-ring (bicyclic) bond motifs is 1. The first-order valence-corrected chi connectivity index (χ1v) is 11.5. The van der Waals surface area contributed by atoms with Gasteiger partial charge in [-0.3, -0.25) is 19.1 Å². The maximum absolute atomic E-state index is 14.7. The second-order valence-corrected chi connectivity index (χ2v) is 8.52. The highest BCUT2D eigenvalue weighted by molar-refractivity contribution is 5.98. The standard InChI is InChI=1S/C25H27F2N5O4/c1-36-11-10-31(20(33)15-30-9-5-8-17-12-18(26)13-19(27)21(17)30)22-23(28)32(25(35)29-24(22)34)14-16-6-3-2-4-7-16/h2-4,6-7,12-13H,5,8-11,14-15,28H2,1H3,(H,29,34,35). The Labute approximate surface area is 205 Å². The van der Waals surface area contributed by atoms with E-state index in [0.717, 1.165) is 16.5 Å². The Bertz CT molecular complexity index is 1370. The number of halogens is 2. The summed E-state index contributed by atoms with van der Waals surface area (Å²) in [5.74, 6) is -2.16. The zero-order chi connectivity index (χ0) is 25.8. The fourth-order valence-electron chi connectivity index (χ4n) is 4.45. The fourth-order valence-corrected chi connectivity index (χ4v) is 4.45. The van der Waals surface area contributed by atoms with E-state index in [4.69, 9.17) is 10.5 Å². The van der Waals surface area contributed by atoms with E-state index in [1.165, 1.54) is 22.6 Å². The van der Waals surface area contributed by atoms with Crippen LogP contribution in [0.25, 0.3) is 0 Å². The molecule has 190 valence electrons. The minimum Gasteiger partial charge on any atom is -0.383 e. The molecule has 1 aliphatic heterocycles. The van der Waals surface area contributed by atoms with Gasteiger partial charge in [-0.15, -0.1) is 0 Å². The van der Waals surface area contributed by atoms with Crippen molar-refractivity contribution < 1.29 is 18.3 Å². The molecule has 0 atom stereocenters. The average Bonchev–Trinajstić information content (AvgIpc) is 2.84. The summed E-state index contributed by atoms with van der Waals surface area (Å²) in [5.41, 5.74) is 5.98. The first-order valence-electron chi connectivity index (χ1n) is 11.5. The predicted molar refractivity (Wildman–Crippen MR) is 132 cm³/mol. The van der Waals surface area contributed by atoms with E-state index >= 15 is 0 Å². The summed E-state index contributed by atoms with van der Waals surface area (Å²) in [6.45, 7) is 0.226. The van der Waals surface area contributed by atoms with Crippen molar-refractivity contribution in [3.8, 4) is 0 Å². The number of nitrogens with two attached hydrogens (primary N) is 1. The highest BCUT2D eigenvalue weighted by Gasteiger charge is 2.29. The molecule has 1 aliphatic rings. The molecule has 2 aromatic carbocycles. The number of nitrogens with zero attached hydrogens (tertiary/aromatic N) is 3. The second-order valence-electron chi connectivity index (χ2n) is 8.52. The van der Waals surface area contributed by atoms with E-state index in [0.29, 0.717) is 24.9 Å². The normalized spacial score (nSPS) is 12.9. The highest BCUT2D eigenvalue weighted by Crippen LogP contribution is 2.31. The van der Waals surface area contributed by atoms with Gasteiger partial charge in [0.15, 0.2) is 5.69 Å². The van der Waals surface area contributed by atoms with Crippen LogP contribution in [0.5, 0.6) is 0 Å². The van der Waals surface area contributed by atoms with Crippen LogP contribution in [0, 0.1) is 11.6 Å². The van der Waals surface area contributed by atoms with Gasteiger partial charge in [0.1, 0.15) is 17.5 Å². The number of benzene rings is 2. The number of hydrogen-bond donors (Lipinski definition) is 2. The number of nitrogen functional groups attached to an aromatic ring is 1. The van der Waals surface area contributed by atoms with E-state index in [1.807, 2.05) is 6.07 Å². The number of anilines is 3. The molecule has 0 unspecified atom stereocenters. The maximum atomic E-state index is 14.7. The Morgan fingerprint density at radius 1 is 1.19 bits per heavy atom. The van der Waals surface area contributed by atoms with Gasteiger partial charge in [0.05, 0.1) is 25.4 Å². The van der Waals surface area contributed by atoms with Gasteiger partial charge >= 0.3 is 5.69 Å². The zero-order valence-electron chi connectivity index (χ0n) is 19.8. The summed E-state index contributed by atoms with van der Waals surface area (Å²) >= 11 is 0. The molecule has 1 aromatic heterocycles. The Morgan fingerprint density at radius 2 is 1.94 bits per heavy atom. The van der Waals surface area contributed by atoms with Crippen LogP contribution in [0.1, 0.15) is 17.5 Å². The minimum atomic E-state index is -0.821. The van der Waals surface area contributed by atoms with Crippen LogP contribution >= 0.6 is 0 Å². The number of carbonyl (C=O) groups is 1. The molecule has 0 spiro atoms. The molecule has 0 saturated carbocycles. The first-order chi connectivity index (χ1) is 17.3. The summed E-state index contributed by atoms with van der Waals surface area (Å²) in [7, 11) is 1.44. The second kappa shape index (κ2) is 10.7. The topological polar surface area (TPSA) is 114 Å². The Balaban J connectivity index is 1.70. The van der Waals surface area contributed by atoms with Crippen molar-refractivity contribution in [2.45, 2.75) is 19.4 Å².